The van der Waals surface area contributed by atoms with Gasteiger partial charge in [-0.25, -0.2) is 4.39 Å². The number of carbonyl (C=O) groups is 1. The van der Waals surface area contributed by atoms with Gasteiger partial charge in [0.2, 0.25) is 0 Å². The maximum absolute atomic E-state index is 13.1. The van der Waals surface area contributed by atoms with Crippen LogP contribution in [-0.4, -0.2) is 34.6 Å². The van der Waals surface area contributed by atoms with Gasteiger partial charge in [-0.2, -0.15) is 13.2 Å². The average molecular weight is 291 g/mol. The summed E-state index contributed by atoms with van der Waals surface area (Å²) in [6, 6.07) is 2.14. The van der Waals surface area contributed by atoms with Gasteiger partial charge < -0.3 is 10.0 Å². The summed E-state index contributed by atoms with van der Waals surface area (Å²) in [6.45, 7) is 1.89. The molecule has 0 atom stereocenters. The lowest BCUT2D eigenvalue weighted by Crippen LogP contribution is -2.63. The van der Waals surface area contributed by atoms with Crippen molar-refractivity contribution >= 4 is 5.91 Å². The van der Waals surface area contributed by atoms with Gasteiger partial charge in [-0.05, 0) is 24.6 Å². The maximum atomic E-state index is 13.1. The minimum atomic E-state index is -4.85. The molecule has 2 rings (SSSR count). The zero-order valence-corrected chi connectivity index (χ0v) is 10.7. The molecule has 1 aromatic rings. The Labute approximate surface area is 112 Å². The number of halogens is 4. The molecule has 1 amide bonds. The Hall–Kier alpha value is -1.63. The van der Waals surface area contributed by atoms with E-state index in [1.807, 2.05) is 0 Å². The molecule has 20 heavy (non-hydrogen) atoms. The van der Waals surface area contributed by atoms with E-state index in [-0.39, 0.29) is 18.7 Å². The van der Waals surface area contributed by atoms with Crippen molar-refractivity contribution in [2.24, 2.45) is 0 Å². The zero-order chi connectivity index (χ0) is 15.1. The smallest absolute Gasteiger partial charge is 0.386 e. The van der Waals surface area contributed by atoms with E-state index in [1.54, 1.807) is 6.92 Å². The van der Waals surface area contributed by atoms with Crippen LogP contribution in [0.4, 0.5) is 17.6 Å². The van der Waals surface area contributed by atoms with Crippen molar-refractivity contribution in [1.29, 1.82) is 0 Å². The number of rotatable bonds is 2. The normalized spacial score (nSPS) is 17.8. The number of hydrogen-bond acceptors (Lipinski definition) is 2. The second-order valence-corrected chi connectivity index (χ2v) is 4.93. The summed E-state index contributed by atoms with van der Waals surface area (Å²) < 4.78 is 50.8. The summed E-state index contributed by atoms with van der Waals surface area (Å²) in [6.07, 6.45) is -4.40. The van der Waals surface area contributed by atoms with Crippen LogP contribution in [0.25, 0.3) is 0 Å². The molecule has 1 heterocycles. The van der Waals surface area contributed by atoms with Crippen LogP contribution in [0.2, 0.25) is 0 Å². The molecular weight excluding hydrogens is 278 g/mol. The first-order valence-corrected chi connectivity index (χ1v) is 6.05. The van der Waals surface area contributed by atoms with Crippen LogP contribution in [0.15, 0.2) is 18.2 Å². The van der Waals surface area contributed by atoms with Crippen LogP contribution in [0.1, 0.15) is 29.3 Å². The number of hydrogen-bond donors (Lipinski definition) is 1. The Morgan fingerprint density at radius 1 is 1.40 bits per heavy atom. The Balaban J connectivity index is 2.21. The van der Waals surface area contributed by atoms with Crippen LogP contribution >= 0.6 is 0 Å². The molecule has 0 spiro atoms. The molecule has 1 aliphatic rings. The van der Waals surface area contributed by atoms with Crippen molar-refractivity contribution in [2.45, 2.75) is 25.1 Å². The van der Waals surface area contributed by atoms with Crippen molar-refractivity contribution < 1.29 is 27.5 Å². The number of benzene rings is 1. The molecule has 0 aliphatic carbocycles. The highest BCUT2D eigenvalue weighted by atomic mass is 19.4. The molecule has 1 aliphatic heterocycles. The summed E-state index contributed by atoms with van der Waals surface area (Å²) in [4.78, 5) is 13.2. The highest BCUT2D eigenvalue weighted by molar-refractivity contribution is 5.95. The minimum Gasteiger partial charge on any atom is -0.386 e. The summed E-state index contributed by atoms with van der Waals surface area (Å²) in [5.41, 5.74) is -2.67. The zero-order valence-electron chi connectivity index (χ0n) is 10.7. The van der Waals surface area contributed by atoms with E-state index in [9.17, 15) is 27.5 Å². The van der Waals surface area contributed by atoms with Gasteiger partial charge in [-0.15, -0.1) is 0 Å². The predicted molar refractivity (Wildman–Crippen MR) is 62.5 cm³/mol. The summed E-state index contributed by atoms with van der Waals surface area (Å²) >= 11 is 0. The number of amides is 1. The number of aliphatic hydroxyl groups is 1. The van der Waals surface area contributed by atoms with Crippen molar-refractivity contribution in [2.75, 3.05) is 13.1 Å². The second-order valence-electron chi connectivity index (χ2n) is 4.93. The lowest BCUT2D eigenvalue weighted by atomic mass is 9.90. The van der Waals surface area contributed by atoms with E-state index >= 15 is 0 Å². The average Bonchev–Trinajstić information content (AvgIpc) is 2.33. The Morgan fingerprint density at radius 2 is 2.00 bits per heavy atom. The fraction of sp³-hybridized carbons (Fsp3) is 0.462. The van der Waals surface area contributed by atoms with Crippen molar-refractivity contribution in [1.82, 2.24) is 4.90 Å². The third-order valence-corrected chi connectivity index (χ3v) is 3.43. The SMILES string of the molecule is CCC1(O)CN(C(=O)c2ccc(F)c(C(F)(F)F)c2)C1. The molecule has 1 aromatic carbocycles. The Morgan fingerprint density at radius 3 is 2.50 bits per heavy atom. The van der Waals surface area contributed by atoms with Gasteiger partial charge in [0.1, 0.15) is 5.82 Å². The third kappa shape index (κ3) is 2.63. The Kier molecular flexibility index (Phi) is 3.49. The lowest BCUT2D eigenvalue weighted by molar-refractivity contribution is -0.140. The molecule has 1 saturated heterocycles. The van der Waals surface area contributed by atoms with Gasteiger partial charge >= 0.3 is 6.18 Å². The lowest BCUT2D eigenvalue weighted by Gasteiger charge is -2.46. The van der Waals surface area contributed by atoms with Crippen LogP contribution < -0.4 is 0 Å². The molecule has 1 fully saturated rings. The van der Waals surface area contributed by atoms with Crippen molar-refractivity contribution in [3.63, 3.8) is 0 Å². The Bertz CT molecular complexity index is 536. The highest BCUT2D eigenvalue weighted by Crippen LogP contribution is 2.33. The summed E-state index contributed by atoms with van der Waals surface area (Å²) in [5, 5.41) is 9.78. The topological polar surface area (TPSA) is 40.5 Å². The largest absolute Gasteiger partial charge is 0.419 e. The molecular formula is C13H13F4NO2. The van der Waals surface area contributed by atoms with Crippen LogP contribution in [0.5, 0.6) is 0 Å². The van der Waals surface area contributed by atoms with Gasteiger partial charge in [-0.3, -0.25) is 4.79 Å². The molecule has 0 bridgehead atoms. The number of alkyl halides is 3. The molecule has 0 radical (unpaired) electrons. The second kappa shape index (κ2) is 4.73. The van der Waals surface area contributed by atoms with Gasteiger partial charge in [-0.1, -0.05) is 6.92 Å². The van der Waals surface area contributed by atoms with Gasteiger partial charge in [0.05, 0.1) is 24.3 Å². The molecule has 0 unspecified atom stereocenters. The third-order valence-electron chi connectivity index (χ3n) is 3.43. The molecule has 7 heteroatoms. The predicted octanol–water partition coefficient (Wildman–Crippen LogP) is 2.44. The fourth-order valence-electron chi connectivity index (χ4n) is 2.09. The quantitative estimate of drug-likeness (QED) is 0.850. The monoisotopic (exact) mass is 291 g/mol. The molecule has 3 nitrogen and oxygen atoms in total. The van der Waals surface area contributed by atoms with E-state index in [0.29, 0.717) is 18.6 Å². The summed E-state index contributed by atoms with van der Waals surface area (Å²) in [7, 11) is 0. The molecule has 0 saturated carbocycles. The van der Waals surface area contributed by atoms with Crippen LogP contribution in [-0.2, 0) is 6.18 Å². The van der Waals surface area contributed by atoms with Gasteiger partial charge in [0.15, 0.2) is 0 Å². The number of carbonyl (C=O) groups excluding carboxylic acids is 1. The van der Waals surface area contributed by atoms with Crippen molar-refractivity contribution in [3.8, 4) is 0 Å². The van der Waals surface area contributed by atoms with Gasteiger partial charge in [0.25, 0.3) is 5.91 Å². The standard InChI is InChI=1S/C13H13F4NO2/c1-2-12(20)6-18(7-12)11(19)8-3-4-10(14)9(5-8)13(15,16)17/h3-5,20H,2,6-7H2,1H3. The molecule has 0 aromatic heterocycles. The minimum absolute atomic E-state index is 0.0705. The van der Waals surface area contributed by atoms with E-state index in [2.05, 4.69) is 0 Å². The number of nitrogens with zero attached hydrogens (tertiary/aromatic N) is 1. The van der Waals surface area contributed by atoms with E-state index in [1.165, 1.54) is 4.90 Å². The first-order valence-electron chi connectivity index (χ1n) is 6.05. The van der Waals surface area contributed by atoms with Gasteiger partial charge in [0, 0.05) is 5.56 Å². The fourth-order valence-corrected chi connectivity index (χ4v) is 2.09. The first kappa shape index (κ1) is 14.8. The highest BCUT2D eigenvalue weighted by Gasteiger charge is 2.43. The first-order chi connectivity index (χ1) is 9.16. The van der Waals surface area contributed by atoms with E-state index < -0.39 is 29.1 Å². The van der Waals surface area contributed by atoms with Crippen molar-refractivity contribution in [3.05, 3.63) is 35.1 Å². The molecule has 110 valence electrons. The van der Waals surface area contributed by atoms with Crippen LogP contribution in [0.3, 0.4) is 0 Å². The number of likely N-dealkylation sites (tertiary alicyclic amines) is 1. The maximum Gasteiger partial charge on any atom is 0.419 e. The van der Waals surface area contributed by atoms with E-state index in [4.69, 9.17) is 0 Å². The number of β-amino-alcohol motifs (C(OH)–C–C–N with tert-alkyl or cyclic N) is 1. The molecule has 1 N–H and O–H groups in total. The summed E-state index contributed by atoms with van der Waals surface area (Å²) in [5.74, 6) is -2.06. The van der Waals surface area contributed by atoms with E-state index in [0.717, 1.165) is 6.07 Å². The van der Waals surface area contributed by atoms with Crippen LogP contribution in [0, 0.1) is 5.82 Å².